The van der Waals surface area contributed by atoms with E-state index in [-0.39, 0.29) is 5.75 Å². The number of hydrogen-bond acceptors (Lipinski definition) is 2. The molecule has 2 heteroatoms. The monoisotopic (exact) mass is 242 g/mol. The molecule has 0 unspecified atom stereocenters. The van der Waals surface area contributed by atoms with Gasteiger partial charge < -0.3 is 10.2 Å². The highest BCUT2D eigenvalue weighted by molar-refractivity contribution is 5.50. The molecule has 94 valence electrons. The summed E-state index contributed by atoms with van der Waals surface area (Å²) in [6.45, 7) is 6.01. The molecule has 0 aliphatic heterocycles. The lowest BCUT2D eigenvalue weighted by atomic mass is 9.94. The Bertz CT molecular complexity index is 542. The lowest BCUT2D eigenvalue weighted by Crippen LogP contribution is -1.97. The first-order valence-corrected chi connectivity index (χ1v) is 6.05. The average molecular weight is 242 g/mol. The summed E-state index contributed by atoms with van der Waals surface area (Å²) >= 11 is 0. The fourth-order valence-electron chi connectivity index (χ4n) is 2.19. The predicted molar refractivity (Wildman–Crippen MR) is 73.2 cm³/mol. The largest absolute Gasteiger partial charge is 0.508 e. The van der Waals surface area contributed by atoms with E-state index in [4.69, 9.17) is 0 Å². The molecule has 0 saturated carbocycles. The van der Waals surface area contributed by atoms with Crippen LogP contribution < -0.4 is 0 Å². The number of benzene rings is 2. The van der Waals surface area contributed by atoms with Crippen LogP contribution in [0.3, 0.4) is 0 Å². The summed E-state index contributed by atoms with van der Waals surface area (Å²) in [7, 11) is 0. The highest BCUT2D eigenvalue weighted by Gasteiger charge is 2.11. The molecule has 2 aromatic carbocycles. The second-order valence-electron chi connectivity index (χ2n) is 4.81. The van der Waals surface area contributed by atoms with Crippen LogP contribution in [0.2, 0.25) is 0 Å². The molecule has 0 amide bonds. The summed E-state index contributed by atoms with van der Waals surface area (Å²) in [5.74, 6) is 0.645. The molecule has 0 saturated heterocycles. The van der Waals surface area contributed by atoms with Gasteiger partial charge >= 0.3 is 0 Å². The summed E-state index contributed by atoms with van der Waals surface area (Å²) in [5.41, 5.74) is 5.28. The van der Waals surface area contributed by atoms with Gasteiger partial charge in [-0.15, -0.1) is 0 Å². The SMILES string of the molecule is Cc1cc(C)c(O)c(Cc2ccc(O)cc2)c1C. The lowest BCUT2D eigenvalue weighted by molar-refractivity contribution is 0.464. The average Bonchev–Trinajstić information content (AvgIpc) is 2.34. The van der Waals surface area contributed by atoms with Gasteiger partial charge in [0.25, 0.3) is 0 Å². The number of aromatic hydroxyl groups is 2. The van der Waals surface area contributed by atoms with Crippen molar-refractivity contribution in [2.75, 3.05) is 0 Å². The van der Waals surface area contributed by atoms with Crippen LogP contribution >= 0.6 is 0 Å². The van der Waals surface area contributed by atoms with E-state index in [0.717, 1.165) is 22.3 Å². The van der Waals surface area contributed by atoms with E-state index >= 15 is 0 Å². The molecule has 0 fully saturated rings. The summed E-state index contributed by atoms with van der Waals surface area (Å²) in [6.07, 6.45) is 0.681. The minimum Gasteiger partial charge on any atom is -0.508 e. The minimum absolute atomic E-state index is 0.264. The van der Waals surface area contributed by atoms with Gasteiger partial charge in [0.15, 0.2) is 0 Å². The molecule has 0 atom stereocenters. The molecule has 0 bridgehead atoms. The maximum Gasteiger partial charge on any atom is 0.122 e. The van der Waals surface area contributed by atoms with Crippen molar-refractivity contribution in [2.45, 2.75) is 27.2 Å². The van der Waals surface area contributed by atoms with Gasteiger partial charge in [-0.3, -0.25) is 0 Å². The van der Waals surface area contributed by atoms with Crippen LogP contribution in [0.4, 0.5) is 0 Å². The quantitative estimate of drug-likeness (QED) is 0.844. The molecular weight excluding hydrogens is 224 g/mol. The Morgan fingerprint density at radius 1 is 0.889 bits per heavy atom. The smallest absolute Gasteiger partial charge is 0.122 e. The minimum atomic E-state index is 0.264. The Morgan fingerprint density at radius 2 is 1.50 bits per heavy atom. The number of phenols is 2. The third kappa shape index (κ3) is 2.33. The normalized spacial score (nSPS) is 10.6. The van der Waals surface area contributed by atoms with Crippen LogP contribution in [0.1, 0.15) is 27.8 Å². The first-order chi connectivity index (χ1) is 8.49. The van der Waals surface area contributed by atoms with Gasteiger partial charge in [0, 0.05) is 12.0 Å². The Balaban J connectivity index is 2.42. The predicted octanol–water partition coefficient (Wildman–Crippen LogP) is 3.61. The maximum atomic E-state index is 10.2. The van der Waals surface area contributed by atoms with Crippen LogP contribution in [0.5, 0.6) is 11.5 Å². The van der Waals surface area contributed by atoms with E-state index in [2.05, 4.69) is 6.92 Å². The van der Waals surface area contributed by atoms with Gasteiger partial charge in [-0.1, -0.05) is 18.2 Å². The summed E-state index contributed by atoms with van der Waals surface area (Å²) < 4.78 is 0. The Kier molecular flexibility index (Phi) is 3.28. The number of phenolic OH excluding ortho intramolecular Hbond substituents is 2. The fourth-order valence-corrected chi connectivity index (χ4v) is 2.19. The van der Waals surface area contributed by atoms with Crippen molar-refractivity contribution in [3.05, 3.63) is 58.1 Å². The molecule has 2 nitrogen and oxygen atoms in total. The fraction of sp³-hybridized carbons (Fsp3) is 0.250. The van der Waals surface area contributed by atoms with E-state index in [1.165, 1.54) is 5.56 Å². The second kappa shape index (κ2) is 4.73. The highest BCUT2D eigenvalue weighted by Crippen LogP contribution is 2.30. The molecule has 0 spiro atoms. The van der Waals surface area contributed by atoms with E-state index < -0.39 is 0 Å². The summed E-state index contributed by atoms with van der Waals surface area (Å²) in [4.78, 5) is 0. The van der Waals surface area contributed by atoms with Crippen molar-refractivity contribution >= 4 is 0 Å². The Labute approximate surface area is 108 Å². The maximum absolute atomic E-state index is 10.2. The first-order valence-electron chi connectivity index (χ1n) is 6.05. The Hall–Kier alpha value is -1.96. The topological polar surface area (TPSA) is 40.5 Å². The third-order valence-corrected chi connectivity index (χ3v) is 3.45. The summed E-state index contributed by atoms with van der Waals surface area (Å²) in [6, 6.07) is 9.11. The van der Waals surface area contributed by atoms with Gasteiger partial charge in [0.1, 0.15) is 11.5 Å². The van der Waals surface area contributed by atoms with E-state index in [1.54, 1.807) is 12.1 Å². The van der Waals surface area contributed by atoms with Crippen LogP contribution in [-0.4, -0.2) is 10.2 Å². The molecular formula is C16H18O2. The van der Waals surface area contributed by atoms with Crippen molar-refractivity contribution in [2.24, 2.45) is 0 Å². The van der Waals surface area contributed by atoms with Crippen LogP contribution in [0.15, 0.2) is 30.3 Å². The van der Waals surface area contributed by atoms with Crippen molar-refractivity contribution < 1.29 is 10.2 Å². The lowest BCUT2D eigenvalue weighted by Gasteiger charge is -2.14. The molecule has 2 aromatic rings. The van der Waals surface area contributed by atoms with Crippen LogP contribution in [0.25, 0.3) is 0 Å². The van der Waals surface area contributed by atoms with E-state index in [0.29, 0.717) is 12.2 Å². The molecule has 0 radical (unpaired) electrons. The molecule has 0 aliphatic rings. The van der Waals surface area contributed by atoms with Gasteiger partial charge in [0.2, 0.25) is 0 Å². The third-order valence-electron chi connectivity index (χ3n) is 3.45. The van der Waals surface area contributed by atoms with E-state index in [1.807, 2.05) is 32.0 Å². The molecule has 0 aliphatic carbocycles. The van der Waals surface area contributed by atoms with Gasteiger partial charge in [-0.25, -0.2) is 0 Å². The van der Waals surface area contributed by atoms with E-state index in [9.17, 15) is 10.2 Å². The highest BCUT2D eigenvalue weighted by atomic mass is 16.3. The van der Waals surface area contributed by atoms with Crippen molar-refractivity contribution in [1.29, 1.82) is 0 Å². The van der Waals surface area contributed by atoms with Crippen molar-refractivity contribution in [3.8, 4) is 11.5 Å². The zero-order valence-electron chi connectivity index (χ0n) is 11.0. The van der Waals surface area contributed by atoms with Gasteiger partial charge in [-0.2, -0.15) is 0 Å². The second-order valence-corrected chi connectivity index (χ2v) is 4.81. The molecule has 2 N–H and O–H groups in total. The zero-order valence-corrected chi connectivity index (χ0v) is 11.0. The number of rotatable bonds is 2. The van der Waals surface area contributed by atoms with Crippen molar-refractivity contribution in [3.63, 3.8) is 0 Å². The van der Waals surface area contributed by atoms with Gasteiger partial charge in [0.05, 0.1) is 0 Å². The molecule has 0 aromatic heterocycles. The molecule has 18 heavy (non-hydrogen) atoms. The van der Waals surface area contributed by atoms with Gasteiger partial charge in [-0.05, 0) is 55.2 Å². The zero-order chi connectivity index (χ0) is 13.3. The number of aryl methyl sites for hydroxylation is 2. The van der Waals surface area contributed by atoms with Crippen molar-refractivity contribution in [1.82, 2.24) is 0 Å². The molecule has 0 heterocycles. The summed E-state index contributed by atoms with van der Waals surface area (Å²) in [5, 5.41) is 19.4. The molecule has 2 rings (SSSR count). The Morgan fingerprint density at radius 3 is 2.11 bits per heavy atom. The number of hydrogen-bond donors (Lipinski definition) is 2. The van der Waals surface area contributed by atoms with Crippen LogP contribution in [0, 0.1) is 20.8 Å². The van der Waals surface area contributed by atoms with Crippen LogP contribution in [-0.2, 0) is 6.42 Å². The first kappa shape index (κ1) is 12.5. The standard InChI is InChI=1S/C16H18O2/c1-10-8-11(2)16(18)15(12(10)3)9-13-4-6-14(17)7-5-13/h4-8,17-18H,9H2,1-3H3.